The summed E-state index contributed by atoms with van der Waals surface area (Å²) in [5.74, 6) is 2.27. The Bertz CT molecular complexity index is 883. The fourth-order valence-electron chi connectivity index (χ4n) is 3.98. The Morgan fingerprint density at radius 1 is 1.06 bits per heavy atom. The number of amides is 2. The topological polar surface area (TPSA) is 72.1 Å². The summed E-state index contributed by atoms with van der Waals surface area (Å²) in [5.41, 5.74) is 3.57. The van der Waals surface area contributed by atoms with Crippen molar-refractivity contribution in [3.8, 4) is 17.2 Å². The van der Waals surface area contributed by atoms with Gasteiger partial charge in [-0.3, -0.25) is 4.90 Å². The van der Waals surface area contributed by atoms with E-state index in [-0.39, 0.29) is 18.1 Å². The zero-order valence-corrected chi connectivity index (χ0v) is 19.0. The molecular formula is C24H33N3O4. The van der Waals surface area contributed by atoms with Crippen LogP contribution in [0.2, 0.25) is 0 Å². The molecule has 0 saturated heterocycles. The van der Waals surface area contributed by atoms with E-state index in [9.17, 15) is 4.79 Å². The number of nitrogens with one attached hydrogen (secondary N) is 2. The summed E-state index contributed by atoms with van der Waals surface area (Å²) < 4.78 is 16.3. The van der Waals surface area contributed by atoms with E-state index < -0.39 is 0 Å². The molecule has 1 aliphatic heterocycles. The first-order valence-corrected chi connectivity index (χ1v) is 10.6. The number of ether oxygens (including phenoxy) is 3. The van der Waals surface area contributed by atoms with Crippen LogP contribution in [0.5, 0.6) is 17.2 Å². The molecule has 7 heteroatoms. The molecule has 2 N–H and O–H groups in total. The minimum absolute atomic E-state index is 0.0172. The predicted octanol–water partition coefficient (Wildman–Crippen LogP) is 3.52. The van der Waals surface area contributed by atoms with Crippen molar-refractivity contribution in [1.82, 2.24) is 15.5 Å². The van der Waals surface area contributed by atoms with Crippen LogP contribution >= 0.6 is 0 Å². The fourth-order valence-corrected chi connectivity index (χ4v) is 3.98. The lowest BCUT2D eigenvalue weighted by molar-refractivity contribution is 0.170. The second-order valence-corrected chi connectivity index (χ2v) is 8.00. The summed E-state index contributed by atoms with van der Waals surface area (Å²) in [6.45, 7) is 6.05. The van der Waals surface area contributed by atoms with Crippen molar-refractivity contribution in [3.63, 3.8) is 0 Å². The van der Waals surface area contributed by atoms with Gasteiger partial charge in [-0.2, -0.15) is 0 Å². The van der Waals surface area contributed by atoms with Gasteiger partial charge in [-0.1, -0.05) is 12.1 Å². The summed E-state index contributed by atoms with van der Waals surface area (Å²) in [5, 5.41) is 5.94. The van der Waals surface area contributed by atoms with Gasteiger partial charge in [0.25, 0.3) is 0 Å². The van der Waals surface area contributed by atoms with Crippen LogP contribution in [0, 0.1) is 0 Å². The number of fused-ring (bicyclic) bond motifs is 1. The Kier molecular flexibility index (Phi) is 7.63. The highest BCUT2D eigenvalue weighted by molar-refractivity contribution is 5.74. The molecule has 168 valence electrons. The van der Waals surface area contributed by atoms with Crippen molar-refractivity contribution in [2.75, 3.05) is 34.4 Å². The smallest absolute Gasteiger partial charge is 0.315 e. The van der Waals surface area contributed by atoms with E-state index in [1.165, 1.54) is 11.1 Å². The van der Waals surface area contributed by atoms with E-state index in [0.29, 0.717) is 12.3 Å². The Labute approximate surface area is 184 Å². The highest BCUT2D eigenvalue weighted by Crippen LogP contribution is 2.38. The van der Waals surface area contributed by atoms with Gasteiger partial charge in [0, 0.05) is 25.7 Å². The SMILES string of the molecule is COc1ccc(CN2CCc3cc(OC)c(OC)cc3C2CNC(=O)NC(C)C)cc1. The van der Waals surface area contributed by atoms with E-state index in [2.05, 4.69) is 33.7 Å². The van der Waals surface area contributed by atoms with E-state index in [1.807, 2.05) is 32.0 Å². The molecule has 0 saturated carbocycles. The first-order valence-electron chi connectivity index (χ1n) is 10.6. The van der Waals surface area contributed by atoms with Crippen LogP contribution in [0.15, 0.2) is 36.4 Å². The number of methoxy groups -OCH3 is 3. The normalized spacial score (nSPS) is 15.9. The third kappa shape index (κ3) is 5.61. The highest BCUT2D eigenvalue weighted by Gasteiger charge is 2.29. The van der Waals surface area contributed by atoms with Gasteiger partial charge in [0.2, 0.25) is 0 Å². The molecule has 0 fully saturated rings. The molecule has 2 aromatic carbocycles. The van der Waals surface area contributed by atoms with Gasteiger partial charge in [-0.25, -0.2) is 4.79 Å². The van der Waals surface area contributed by atoms with Crippen molar-refractivity contribution in [2.45, 2.75) is 38.9 Å². The van der Waals surface area contributed by atoms with E-state index >= 15 is 0 Å². The highest BCUT2D eigenvalue weighted by atomic mass is 16.5. The molecule has 0 aromatic heterocycles. The van der Waals surface area contributed by atoms with Crippen molar-refractivity contribution >= 4 is 6.03 Å². The zero-order chi connectivity index (χ0) is 22.4. The molecule has 0 radical (unpaired) electrons. The quantitative estimate of drug-likeness (QED) is 0.675. The lowest BCUT2D eigenvalue weighted by Gasteiger charge is -2.38. The molecule has 3 rings (SSSR count). The van der Waals surface area contributed by atoms with Gasteiger partial charge in [-0.05, 0) is 61.2 Å². The van der Waals surface area contributed by atoms with Gasteiger partial charge in [-0.15, -0.1) is 0 Å². The lowest BCUT2D eigenvalue weighted by atomic mass is 9.91. The summed E-state index contributed by atoms with van der Waals surface area (Å²) in [6, 6.07) is 12.2. The Morgan fingerprint density at radius 3 is 2.35 bits per heavy atom. The molecule has 2 amide bonds. The minimum Gasteiger partial charge on any atom is -0.497 e. The standard InChI is InChI=1S/C24H33N3O4/c1-16(2)26-24(28)25-14-21-20-13-23(31-5)22(30-4)12-18(20)10-11-27(21)15-17-6-8-19(29-3)9-7-17/h6-9,12-13,16,21H,10-11,14-15H2,1-5H3,(H2,25,26,28). The van der Waals surface area contributed by atoms with Gasteiger partial charge in [0.1, 0.15) is 5.75 Å². The maximum absolute atomic E-state index is 12.3. The minimum atomic E-state index is -0.160. The Balaban J connectivity index is 1.87. The molecule has 0 aliphatic carbocycles. The maximum Gasteiger partial charge on any atom is 0.315 e. The number of rotatable bonds is 8. The molecule has 2 aromatic rings. The number of carbonyl (C=O) groups is 1. The maximum atomic E-state index is 12.3. The fraction of sp³-hybridized carbons (Fsp3) is 0.458. The number of urea groups is 1. The average molecular weight is 428 g/mol. The second kappa shape index (κ2) is 10.4. The lowest BCUT2D eigenvalue weighted by Crippen LogP contribution is -2.45. The summed E-state index contributed by atoms with van der Waals surface area (Å²) in [6.07, 6.45) is 0.903. The number of benzene rings is 2. The third-order valence-corrected chi connectivity index (χ3v) is 5.53. The Hall–Kier alpha value is -2.93. The molecule has 1 atom stereocenters. The molecule has 0 bridgehead atoms. The van der Waals surface area contributed by atoms with E-state index in [0.717, 1.165) is 36.6 Å². The number of nitrogens with zero attached hydrogens (tertiary/aromatic N) is 1. The van der Waals surface area contributed by atoms with Crippen molar-refractivity contribution in [2.24, 2.45) is 0 Å². The van der Waals surface area contributed by atoms with Gasteiger partial charge < -0.3 is 24.8 Å². The van der Waals surface area contributed by atoms with Crippen LogP contribution in [0.1, 0.15) is 36.6 Å². The van der Waals surface area contributed by atoms with Gasteiger partial charge in [0.05, 0.1) is 27.4 Å². The van der Waals surface area contributed by atoms with Crippen molar-refractivity contribution < 1.29 is 19.0 Å². The first-order chi connectivity index (χ1) is 14.9. The molecule has 0 spiro atoms. The molecule has 1 unspecified atom stereocenters. The summed E-state index contributed by atoms with van der Waals surface area (Å²) >= 11 is 0. The predicted molar refractivity (Wildman–Crippen MR) is 121 cm³/mol. The van der Waals surface area contributed by atoms with E-state index in [4.69, 9.17) is 14.2 Å². The van der Waals surface area contributed by atoms with Crippen molar-refractivity contribution in [3.05, 3.63) is 53.1 Å². The summed E-state index contributed by atoms with van der Waals surface area (Å²) in [4.78, 5) is 14.7. The largest absolute Gasteiger partial charge is 0.497 e. The molecule has 7 nitrogen and oxygen atoms in total. The van der Waals surface area contributed by atoms with Crippen LogP contribution < -0.4 is 24.8 Å². The first kappa shape index (κ1) is 22.7. The number of carbonyl (C=O) groups excluding carboxylic acids is 1. The summed E-state index contributed by atoms with van der Waals surface area (Å²) in [7, 11) is 4.96. The molecular weight excluding hydrogens is 394 g/mol. The van der Waals surface area contributed by atoms with Gasteiger partial charge >= 0.3 is 6.03 Å². The van der Waals surface area contributed by atoms with Crippen LogP contribution in [0.4, 0.5) is 4.79 Å². The van der Waals surface area contributed by atoms with Crippen LogP contribution in [-0.4, -0.2) is 51.4 Å². The average Bonchev–Trinajstić information content (AvgIpc) is 2.77. The van der Waals surface area contributed by atoms with Crippen LogP contribution in [0.25, 0.3) is 0 Å². The monoisotopic (exact) mass is 427 g/mol. The molecule has 1 aliphatic rings. The molecule has 31 heavy (non-hydrogen) atoms. The third-order valence-electron chi connectivity index (χ3n) is 5.53. The second-order valence-electron chi connectivity index (χ2n) is 8.00. The van der Waals surface area contributed by atoms with Crippen LogP contribution in [-0.2, 0) is 13.0 Å². The van der Waals surface area contributed by atoms with Crippen molar-refractivity contribution in [1.29, 1.82) is 0 Å². The zero-order valence-electron chi connectivity index (χ0n) is 19.0. The van der Waals surface area contributed by atoms with Crippen LogP contribution in [0.3, 0.4) is 0 Å². The van der Waals surface area contributed by atoms with E-state index in [1.54, 1.807) is 21.3 Å². The number of hydrogen-bond donors (Lipinski definition) is 2. The Morgan fingerprint density at radius 2 is 1.74 bits per heavy atom. The number of hydrogen-bond acceptors (Lipinski definition) is 5. The van der Waals surface area contributed by atoms with Gasteiger partial charge in [0.15, 0.2) is 11.5 Å². The molecule has 1 heterocycles.